The Bertz CT molecular complexity index is 459. The first kappa shape index (κ1) is 11.7. The van der Waals surface area contributed by atoms with Crippen LogP contribution in [-0.2, 0) is 0 Å². The molecule has 3 rings (SSSR count). The minimum absolute atomic E-state index is 0.391. The molecule has 2 N–H and O–H groups in total. The molecule has 0 aliphatic carbocycles. The number of likely N-dealkylation sites (tertiary alicyclic amines) is 1. The molecule has 0 saturated carbocycles. The van der Waals surface area contributed by atoms with Crippen LogP contribution < -0.4 is 10.6 Å². The first-order valence-corrected chi connectivity index (χ1v) is 6.59. The van der Waals surface area contributed by atoms with E-state index in [0.29, 0.717) is 5.95 Å². The SMILES string of the molecule is Cc1nc(N)nc(N2CC3CN(C)C[C@H]3C2)c1C. The van der Waals surface area contributed by atoms with Gasteiger partial charge in [-0.1, -0.05) is 0 Å². The monoisotopic (exact) mass is 247 g/mol. The Morgan fingerprint density at radius 3 is 2.28 bits per heavy atom. The van der Waals surface area contributed by atoms with Crippen LogP contribution >= 0.6 is 0 Å². The zero-order chi connectivity index (χ0) is 12.9. The molecule has 0 bridgehead atoms. The number of nitrogens with zero attached hydrogens (tertiary/aromatic N) is 4. The first-order chi connectivity index (χ1) is 8.54. The van der Waals surface area contributed by atoms with E-state index in [0.717, 1.165) is 42.0 Å². The summed E-state index contributed by atoms with van der Waals surface area (Å²) in [5, 5.41) is 0. The number of rotatable bonds is 1. The van der Waals surface area contributed by atoms with Gasteiger partial charge in [0.25, 0.3) is 0 Å². The lowest BCUT2D eigenvalue weighted by Crippen LogP contribution is -2.28. The lowest BCUT2D eigenvalue weighted by molar-refractivity contribution is 0.387. The maximum Gasteiger partial charge on any atom is 0.222 e. The van der Waals surface area contributed by atoms with Gasteiger partial charge in [0.05, 0.1) is 0 Å². The van der Waals surface area contributed by atoms with Gasteiger partial charge >= 0.3 is 0 Å². The van der Waals surface area contributed by atoms with Gasteiger partial charge in [0.2, 0.25) is 5.95 Å². The molecule has 2 saturated heterocycles. The highest BCUT2D eigenvalue weighted by atomic mass is 15.3. The highest BCUT2D eigenvalue weighted by Crippen LogP contribution is 2.34. The molecule has 0 amide bonds. The second-order valence-corrected chi connectivity index (χ2v) is 5.76. The predicted octanol–water partition coefficient (Wildman–Crippen LogP) is 0.673. The Kier molecular flexibility index (Phi) is 2.66. The van der Waals surface area contributed by atoms with Gasteiger partial charge in [-0.25, -0.2) is 4.98 Å². The lowest BCUT2D eigenvalue weighted by atomic mass is 10.0. The number of nitrogens with two attached hydrogens (primary N) is 1. The van der Waals surface area contributed by atoms with Gasteiger partial charge in [-0.2, -0.15) is 4.98 Å². The van der Waals surface area contributed by atoms with Crippen LogP contribution in [0.3, 0.4) is 0 Å². The minimum atomic E-state index is 0.391. The third-order valence-corrected chi connectivity index (χ3v) is 4.35. The number of anilines is 2. The van der Waals surface area contributed by atoms with E-state index in [1.165, 1.54) is 13.1 Å². The molecule has 2 atom stereocenters. The van der Waals surface area contributed by atoms with Crippen molar-refractivity contribution in [1.29, 1.82) is 0 Å². The predicted molar refractivity (Wildman–Crippen MR) is 72.6 cm³/mol. The van der Waals surface area contributed by atoms with Gasteiger partial charge in [0.15, 0.2) is 0 Å². The summed E-state index contributed by atoms with van der Waals surface area (Å²) in [4.78, 5) is 13.5. The topological polar surface area (TPSA) is 58.3 Å². The second-order valence-electron chi connectivity index (χ2n) is 5.76. The van der Waals surface area contributed by atoms with Crippen molar-refractivity contribution in [2.24, 2.45) is 11.8 Å². The molecule has 0 spiro atoms. The van der Waals surface area contributed by atoms with Gasteiger partial charge < -0.3 is 15.5 Å². The van der Waals surface area contributed by atoms with Crippen molar-refractivity contribution in [3.05, 3.63) is 11.3 Å². The number of nitrogen functional groups attached to an aromatic ring is 1. The van der Waals surface area contributed by atoms with E-state index < -0.39 is 0 Å². The summed E-state index contributed by atoms with van der Waals surface area (Å²) in [6.45, 7) is 8.71. The molecule has 1 unspecified atom stereocenters. The molecule has 0 aromatic carbocycles. The van der Waals surface area contributed by atoms with E-state index in [1.54, 1.807) is 0 Å². The largest absolute Gasteiger partial charge is 0.368 e. The molecule has 5 nitrogen and oxygen atoms in total. The molecular weight excluding hydrogens is 226 g/mol. The molecule has 1 aromatic heterocycles. The Morgan fingerprint density at radius 2 is 1.67 bits per heavy atom. The Balaban J connectivity index is 1.85. The second kappa shape index (κ2) is 4.09. The van der Waals surface area contributed by atoms with Gasteiger partial charge in [-0.05, 0) is 32.7 Å². The quantitative estimate of drug-likeness (QED) is 0.790. The van der Waals surface area contributed by atoms with Crippen LogP contribution in [0, 0.1) is 25.7 Å². The molecule has 0 radical (unpaired) electrons. The fraction of sp³-hybridized carbons (Fsp3) is 0.692. The number of hydrogen-bond donors (Lipinski definition) is 1. The standard InChI is InChI=1S/C13H21N5/c1-8-9(2)15-13(14)16-12(8)18-6-10-4-17(3)5-11(10)7-18/h10-11H,4-7H2,1-3H3,(H2,14,15,16)/t10-,11?/m0/s1. The van der Waals surface area contributed by atoms with Crippen molar-refractivity contribution < 1.29 is 0 Å². The third-order valence-electron chi connectivity index (χ3n) is 4.35. The first-order valence-electron chi connectivity index (χ1n) is 6.59. The van der Waals surface area contributed by atoms with Crippen LogP contribution in [0.4, 0.5) is 11.8 Å². The summed E-state index contributed by atoms with van der Waals surface area (Å²) in [7, 11) is 2.21. The summed E-state index contributed by atoms with van der Waals surface area (Å²) >= 11 is 0. The van der Waals surface area contributed by atoms with Crippen LogP contribution in [0.2, 0.25) is 0 Å². The Hall–Kier alpha value is -1.36. The number of aromatic nitrogens is 2. The van der Waals surface area contributed by atoms with E-state index in [2.05, 4.69) is 33.7 Å². The van der Waals surface area contributed by atoms with Crippen molar-refractivity contribution >= 4 is 11.8 Å². The Morgan fingerprint density at radius 1 is 1.06 bits per heavy atom. The number of aryl methyl sites for hydroxylation is 1. The molecule has 1 aromatic rings. The van der Waals surface area contributed by atoms with Crippen molar-refractivity contribution in [2.75, 3.05) is 43.9 Å². The summed E-state index contributed by atoms with van der Waals surface area (Å²) in [5.74, 6) is 3.00. The van der Waals surface area contributed by atoms with E-state index in [1.807, 2.05) is 6.92 Å². The van der Waals surface area contributed by atoms with Crippen LogP contribution in [0.5, 0.6) is 0 Å². The smallest absolute Gasteiger partial charge is 0.222 e. The molecular formula is C13H21N5. The molecule has 5 heteroatoms. The highest BCUT2D eigenvalue weighted by Gasteiger charge is 2.39. The highest BCUT2D eigenvalue weighted by molar-refractivity contribution is 5.52. The van der Waals surface area contributed by atoms with Gasteiger partial charge in [-0.15, -0.1) is 0 Å². The molecule has 2 aliphatic heterocycles. The van der Waals surface area contributed by atoms with Gasteiger partial charge in [0, 0.05) is 37.4 Å². The van der Waals surface area contributed by atoms with Crippen molar-refractivity contribution in [3.63, 3.8) is 0 Å². The van der Waals surface area contributed by atoms with Gasteiger partial charge in [0.1, 0.15) is 5.82 Å². The maximum absolute atomic E-state index is 5.78. The summed E-state index contributed by atoms with van der Waals surface area (Å²) in [5.41, 5.74) is 7.93. The summed E-state index contributed by atoms with van der Waals surface area (Å²) in [6.07, 6.45) is 0. The molecule has 2 fully saturated rings. The fourth-order valence-electron chi connectivity index (χ4n) is 3.34. The van der Waals surface area contributed by atoms with E-state index in [-0.39, 0.29) is 0 Å². The van der Waals surface area contributed by atoms with Crippen molar-refractivity contribution in [2.45, 2.75) is 13.8 Å². The molecule has 2 aliphatic rings. The van der Waals surface area contributed by atoms with E-state index in [9.17, 15) is 0 Å². The Labute approximate surface area is 108 Å². The van der Waals surface area contributed by atoms with Crippen molar-refractivity contribution in [3.8, 4) is 0 Å². The van der Waals surface area contributed by atoms with E-state index >= 15 is 0 Å². The van der Waals surface area contributed by atoms with Crippen LogP contribution in [-0.4, -0.2) is 48.1 Å². The molecule has 18 heavy (non-hydrogen) atoms. The van der Waals surface area contributed by atoms with Crippen molar-refractivity contribution in [1.82, 2.24) is 14.9 Å². The molecule has 98 valence electrons. The zero-order valence-electron chi connectivity index (χ0n) is 11.3. The normalized spacial score (nSPS) is 27.8. The minimum Gasteiger partial charge on any atom is -0.368 e. The van der Waals surface area contributed by atoms with Crippen LogP contribution in [0.1, 0.15) is 11.3 Å². The third kappa shape index (κ3) is 1.82. The fourth-order valence-corrected chi connectivity index (χ4v) is 3.34. The van der Waals surface area contributed by atoms with Gasteiger partial charge in [-0.3, -0.25) is 0 Å². The maximum atomic E-state index is 5.78. The number of hydrogen-bond acceptors (Lipinski definition) is 5. The molecule has 3 heterocycles. The van der Waals surface area contributed by atoms with E-state index in [4.69, 9.17) is 5.73 Å². The lowest BCUT2D eigenvalue weighted by Gasteiger charge is -2.22. The van der Waals surface area contributed by atoms with Crippen LogP contribution in [0.15, 0.2) is 0 Å². The summed E-state index contributed by atoms with van der Waals surface area (Å²) in [6, 6.07) is 0. The zero-order valence-corrected chi connectivity index (χ0v) is 11.3. The average Bonchev–Trinajstić information content (AvgIpc) is 2.80. The number of fused-ring (bicyclic) bond motifs is 1. The summed E-state index contributed by atoms with van der Waals surface area (Å²) < 4.78 is 0. The van der Waals surface area contributed by atoms with Crippen LogP contribution in [0.25, 0.3) is 0 Å². The average molecular weight is 247 g/mol.